The van der Waals surface area contributed by atoms with Gasteiger partial charge in [0.2, 0.25) is 11.8 Å². The summed E-state index contributed by atoms with van der Waals surface area (Å²) >= 11 is 0. The third kappa shape index (κ3) is 5.89. The van der Waals surface area contributed by atoms with Crippen molar-refractivity contribution in [2.24, 2.45) is 5.92 Å². The number of hydrogen-bond acceptors (Lipinski definition) is 3. The predicted octanol–water partition coefficient (Wildman–Crippen LogP) is 4.67. The SMILES string of the molecule is CC(=O)Nc1cc(N2CCN(C(=O)CCC3CCCCC3)CC2)ccc1C(F)(F)F. The minimum absolute atomic E-state index is 0.173. The van der Waals surface area contributed by atoms with Crippen LogP contribution in [0.3, 0.4) is 0 Å². The monoisotopic (exact) mass is 425 g/mol. The molecule has 1 saturated carbocycles. The lowest BCUT2D eigenvalue weighted by Crippen LogP contribution is -2.48. The van der Waals surface area contributed by atoms with Gasteiger partial charge in [-0.15, -0.1) is 0 Å². The molecule has 0 unspecified atom stereocenters. The molecule has 1 N–H and O–H groups in total. The lowest BCUT2D eigenvalue weighted by atomic mass is 9.86. The average Bonchev–Trinajstić information content (AvgIpc) is 2.71. The van der Waals surface area contributed by atoms with Gasteiger partial charge >= 0.3 is 6.18 Å². The zero-order valence-electron chi connectivity index (χ0n) is 17.4. The maximum absolute atomic E-state index is 13.2. The third-order valence-corrected chi connectivity index (χ3v) is 6.11. The summed E-state index contributed by atoms with van der Waals surface area (Å²) in [7, 11) is 0. The molecule has 1 aromatic rings. The van der Waals surface area contributed by atoms with Crippen LogP contribution in [0.15, 0.2) is 18.2 Å². The highest BCUT2D eigenvalue weighted by molar-refractivity contribution is 5.90. The fourth-order valence-corrected chi connectivity index (χ4v) is 4.44. The van der Waals surface area contributed by atoms with E-state index in [1.807, 2.05) is 9.80 Å². The first-order valence-corrected chi connectivity index (χ1v) is 10.8. The molecule has 1 aliphatic carbocycles. The highest BCUT2D eigenvalue weighted by Gasteiger charge is 2.34. The molecule has 0 spiro atoms. The molecule has 166 valence electrons. The minimum atomic E-state index is -4.54. The molecule has 8 heteroatoms. The van der Waals surface area contributed by atoms with Crippen molar-refractivity contribution in [1.82, 2.24) is 4.90 Å². The van der Waals surface area contributed by atoms with Gasteiger partial charge in [-0.25, -0.2) is 0 Å². The second-order valence-corrected chi connectivity index (χ2v) is 8.32. The Kier molecular flexibility index (Phi) is 7.26. The normalized spacial score (nSPS) is 18.4. The lowest BCUT2D eigenvalue weighted by Gasteiger charge is -2.36. The Balaban J connectivity index is 1.57. The molecular weight excluding hydrogens is 395 g/mol. The van der Waals surface area contributed by atoms with Crippen LogP contribution >= 0.6 is 0 Å². The zero-order chi connectivity index (χ0) is 21.7. The van der Waals surface area contributed by atoms with Crippen molar-refractivity contribution in [3.05, 3.63) is 23.8 Å². The fourth-order valence-electron chi connectivity index (χ4n) is 4.44. The standard InChI is InChI=1S/C22H30F3N3O2/c1-16(29)26-20-15-18(8-9-19(20)22(23,24)25)27-11-13-28(14-12-27)21(30)10-7-17-5-3-2-4-6-17/h8-9,15,17H,2-7,10-14H2,1H3,(H,26,29). The molecule has 0 atom stereocenters. The van der Waals surface area contributed by atoms with E-state index in [-0.39, 0.29) is 11.6 Å². The van der Waals surface area contributed by atoms with Crippen molar-refractivity contribution in [3.8, 4) is 0 Å². The molecule has 0 radical (unpaired) electrons. The molecule has 1 heterocycles. The molecule has 0 aromatic heterocycles. The molecule has 2 amide bonds. The number of halogens is 3. The maximum Gasteiger partial charge on any atom is 0.418 e. The van der Waals surface area contributed by atoms with Crippen LogP contribution in [0.4, 0.5) is 24.5 Å². The van der Waals surface area contributed by atoms with E-state index in [2.05, 4.69) is 5.32 Å². The highest BCUT2D eigenvalue weighted by Crippen LogP contribution is 2.37. The largest absolute Gasteiger partial charge is 0.418 e. The fraction of sp³-hybridized carbons (Fsp3) is 0.636. The Labute approximate surface area is 175 Å². The topological polar surface area (TPSA) is 52.7 Å². The summed E-state index contributed by atoms with van der Waals surface area (Å²) in [5.74, 6) is 0.293. The summed E-state index contributed by atoms with van der Waals surface area (Å²) in [6, 6.07) is 3.79. The first-order chi connectivity index (χ1) is 14.2. The number of hydrogen-bond donors (Lipinski definition) is 1. The van der Waals surface area contributed by atoms with Gasteiger partial charge < -0.3 is 15.1 Å². The number of carbonyl (C=O) groups is 2. The summed E-state index contributed by atoms with van der Waals surface area (Å²) in [5.41, 5.74) is -0.488. The first kappa shape index (κ1) is 22.4. The molecule has 1 aromatic carbocycles. The summed E-state index contributed by atoms with van der Waals surface area (Å²) in [6.45, 7) is 3.41. The summed E-state index contributed by atoms with van der Waals surface area (Å²) in [4.78, 5) is 27.7. The molecular formula is C22H30F3N3O2. The number of nitrogens with zero attached hydrogens (tertiary/aromatic N) is 2. The van der Waals surface area contributed by atoms with Crippen LogP contribution in [0.5, 0.6) is 0 Å². The van der Waals surface area contributed by atoms with Gasteiger partial charge in [0.1, 0.15) is 0 Å². The van der Waals surface area contributed by atoms with Crippen molar-refractivity contribution in [1.29, 1.82) is 0 Å². The predicted molar refractivity (Wildman–Crippen MR) is 110 cm³/mol. The second-order valence-electron chi connectivity index (χ2n) is 8.32. The van der Waals surface area contributed by atoms with Gasteiger partial charge in [0.15, 0.2) is 0 Å². The van der Waals surface area contributed by atoms with E-state index in [0.717, 1.165) is 12.5 Å². The van der Waals surface area contributed by atoms with Gasteiger partial charge in [-0.2, -0.15) is 13.2 Å². The molecule has 0 bridgehead atoms. The van der Waals surface area contributed by atoms with Crippen LogP contribution in [-0.2, 0) is 15.8 Å². The van der Waals surface area contributed by atoms with Crippen molar-refractivity contribution < 1.29 is 22.8 Å². The maximum atomic E-state index is 13.2. The highest BCUT2D eigenvalue weighted by atomic mass is 19.4. The van der Waals surface area contributed by atoms with Crippen LogP contribution in [0.25, 0.3) is 0 Å². The zero-order valence-corrected chi connectivity index (χ0v) is 17.4. The lowest BCUT2D eigenvalue weighted by molar-refractivity contribution is -0.137. The Bertz CT molecular complexity index is 752. The van der Waals surface area contributed by atoms with Crippen molar-refractivity contribution >= 4 is 23.2 Å². The van der Waals surface area contributed by atoms with Gasteiger partial charge in [0, 0.05) is 45.2 Å². The summed E-state index contributed by atoms with van der Waals surface area (Å²) in [6.07, 6.45) is 3.29. The van der Waals surface area contributed by atoms with Crippen molar-refractivity contribution in [2.75, 3.05) is 36.4 Å². The van der Waals surface area contributed by atoms with Crippen molar-refractivity contribution in [2.45, 2.75) is 58.0 Å². The Hall–Kier alpha value is -2.25. The molecule has 1 aliphatic heterocycles. The van der Waals surface area contributed by atoms with E-state index in [1.165, 1.54) is 51.2 Å². The third-order valence-electron chi connectivity index (χ3n) is 6.11. The van der Waals surface area contributed by atoms with E-state index in [9.17, 15) is 22.8 Å². The smallest absolute Gasteiger partial charge is 0.368 e. The molecule has 1 saturated heterocycles. The number of nitrogens with one attached hydrogen (secondary N) is 1. The van der Waals surface area contributed by atoms with Crippen LogP contribution in [0.2, 0.25) is 0 Å². The van der Waals surface area contributed by atoms with E-state index in [4.69, 9.17) is 0 Å². The summed E-state index contributed by atoms with van der Waals surface area (Å²) < 4.78 is 39.6. The number of rotatable bonds is 5. The number of carbonyl (C=O) groups excluding carboxylic acids is 2. The molecule has 2 aliphatic rings. The number of piperazine rings is 1. The Morgan fingerprint density at radius 1 is 1.07 bits per heavy atom. The number of amides is 2. The van der Waals surface area contributed by atoms with Crippen LogP contribution in [0.1, 0.15) is 57.4 Å². The van der Waals surface area contributed by atoms with Crippen molar-refractivity contribution in [3.63, 3.8) is 0 Å². The first-order valence-electron chi connectivity index (χ1n) is 10.8. The minimum Gasteiger partial charge on any atom is -0.368 e. The van der Waals surface area contributed by atoms with E-state index in [0.29, 0.717) is 44.2 Å². The van der Waals surface area contributed by atoms with Crippen LogP contribution < -0.4 is 10.2 Å². The Morgan fingerprint density at radius 3 is 2.33 bits per heavy atom. The average molecular weight is 425 g/mol. The van der Waals surface area contributed by atoms with Gasteiger partial charge in [-0.1, -0.05) is 32.1 Å². The Morgan fingerprint density at radius 2 is 1.73 bits per heavy atom. The number of anilines is 2. The quantitative estimate of drug-likeness (QED) is 0.746. The van der Waals surface area contributed by atoms with Crippen LogP contribution in [0, 0.1) is 5.92 Å². The van der Waals surface area contributed by atoms with Crippen LogP contribution in [-0.4, -0.2) is 42.9 Å². The number of alkyl halides is 3. The molecule has 5 nitrogen and oxygen atoms in total. The van der Waals surface area contributed by atoms with E-state index < -0.39 is 17.6 Å². The van der Waals surface area contributed by atoms with E-state index in [1.54, 1.807) is 0 Å². The van der Waals surface area contributed by atoms with E-state index >= 15 is 0 Å². The van der Waals surface area contributed by atoms with Gasteiger partial charge in [-0.05, 0) is 30.5 Å². The molecule has 2 fully saturated rings. The molecule has 30 heavy (non-hydrogen) atoms. The second kappa shape index (κ2) is 9.71. The summed E-state index contributed by atoms with van der Waals surface area (Å²) in [5, 5.41) is 2.28. The number of benzene rings is 1. The van der Waals surface area contributed by atoms with Gasteiger partial charge in [0.25, 0.3) is 0 Å². The molecule has 3 rings (SSSR count). The van der Waals surface area contributed by atoms with Gasteiger partial charge in [-0.3, -0.25) is 9.59 Å². The van der Waals surface area contributed by atoms with Gasteiger partial charge in [0.05, 0.1) is 11.3 Å².